The van der Waals surface area contributed by atoms with Crippen LogP contribution in [-0.2, 0) is 25.5 Å². The smallest absolute Gasteiger partial charge is 0 e. The van der Waals surface area contributed by atoms with E-state index in [2.05, 4.69) is 147 Å². The zero-order chi connectivity index (χ0) is 32.5. The third-order valence-corrected chi connectivity index (χ3v) is 14.1. The van der Waals surface area contributed by atoms with Gasteiger partial charge >= 0.3 is 106 Å². The number of hydrogen-bond donors (Lipinski definition) is 0. The van der Waals surface area contributed by atoms with Crippen LogP contribution in [0.1, 0.15) is 31.9 Å². The summed E-state index contributed by atoms with van der Waals surface area (Å²) in [5.41, 5.74) is 9.48. The quantitative estimate of drug-likeness (QED) is 0.130. The van der Waals surface area contributed by atoms with Crippen LogP contribution in [0, 0.1) is 19.1 Å². The zero-order valence-corrected chi connectivity index (χ0v) is 33.4. The summed E-state index contributed by atoms with van der Waals surface area (Å²) in [6.07, 6.45) is 4.00. The van der Waals surface area contributed by atoms with E-state index in [0.717, 1.165) is 22.5 Å². The van der Waals surface area contributed by atoms with Crippen LogP contribution in [0.3, 0.4) is 0 Å². The molecule has 0 fully saturated rings. The second-order valence-electron chi connectivity index (χ2n) is 13.8. The van der Waals surface area contributed by atoms with Crippen LogP contribution < -0.4 is 4.40 Å². The maximum absolute atomic E-state index is 4.70. The summed E-state index contributed by atoms with van der Waals surface area (Å²) < 4.78 is 4.07. The van der Waals surface area contributed by atoms with Crippen molar-refractivity contribution < 1.29 is 20.1 Å². The molecule has 5 heteroatoms. The molecule has 0 aliphatic heterocycles. The molecule has 47 heavy (non-hydrogen) atoms. The van der Waals surface area contributed by atoms with Crippen LogP contribution in [0.2, 0.25) is 17.3 Å². The first-order valence-electron chi connectivity index (χ1n) is 15.8. The molecule has 7 aromatic rings. The van der Waals surface area contributed by atoms with Crippen LogP contribution in [0.4, 0.5) is 0 Å². The topological polar surface area (TPSA) is 25.8 Å². The molecule has 0 amide bonds. The summed E-state index contributed by atoms with van der Waals surface area (Å²) >= 11 is 0.0741. The number of benzene rings is 4. The zero-order valence-electron chi connectivity index (χ0n) is 28.1. The number of hydrogen-bond acceptors (Lipinski definition) is 3. The standard InChI is InChI=1S/C27H22NS.C15H18GeN.Ir/c1-27(2,3)19-15-16-28-24(17-19)23-14-8-13-22-21-12-7-11-20(25(21)29-26(22)23)18-9-5-4-6-10-18;1-12-10-15(13-8-6-5-7-9-13)17-11-14(12)16(2,3)4;/h4-13,15-17H,1-3H3;5-8,10-11H,1-4H3;/q2*-1;. The number of rotatable bonds is 4. The van der Waals surface area contributed by atoms with Crippen LogP contribution in [0.15, 0.2) is 116 Å². The second-order valence-corrected chi connectivity index (χ2v) is 25.4. The molecule has 0 N–H and O–H groups in total. The Labute approximate surface area is 300 Å². The van der Waals surface area contributed by atoms with Crippen molar-refractivity contribution in [1.82, 2.24) is 9.97 Å². The van der Waals surface area contributed by atoms with Gasteiger partial charge in [-0.1, -0.05) is 80.8 Å². The number of fused-ring (bicyclic) bond motifs is 3. The van der Waals surface area contributed by atoms with Crippen LogP contribution in [-0.4, -0.2) is 23.2 Å². The first-order valence-corrected chi connectivity index (χ1v) is 24.0. The average Bonchev–Trinajstić information content (AvgIpc) is 3.44. The van der Waals surface area contributed by atoms with Crippen molar-refractivity contribution in [2.45, 2.75) is 50.4 Å². The van der Waals surface area contributed by atoms with Crippen molar-refractivity contribution in [3.05, 3.63) is 139 Å². The van der Waals surface area contributed by atoms with Crippen molar-refractivity contribution in [2.75, 3.05) is 0 Å². The van der Waals surface area contributed by atoms with Gasteiger partial charge in [-0.25, -0.2) is 0 Å². The van der Waals surface area contributed by atoms with E-state index in [9.17, 15) is 0 Å². The molecule has 3 aromatic heterocycles. The first kappa shape index (κ1) is 34.9. The van der Waals surface area contributed by atoms with Crippen LogP contribution in [0.5, 0.6) is 0 Å². The second kappa shape index (κ2) is 14.4. The summed E-state index contributed by atoms with van der Waals surface area (Å²) in [5.74, 6) is 7.20. The molecule has 0 aliphatic rings. The SMILES string of the molecule is CC(C)(C)c1ccnc(-c2[c-]ccc3c2sc2c(-c4ccccc4)cccc23)c1.Cc1cc(-c2[c-]cccc2)nc[c]1[Ge]([CH3])([CH3])[CH3].[Ir]. The fourth-order valence-electron chi connectivity index (χ4n) is 5.87. The van der Waals surface area contributed by atoms with Gasteiger partial charge in [-0.3, -0.25) is 0 Å². The molecule has 0 aliphatic carbocycles. The van der Waals surface area contributed by atoms with Crippen molar-refractivity contribution in [2.24, 2.45) is 0 Å². The third-order valence-electron chi connectivity index (χ3n) is 8.33. The molecule has 2 nitrogen and oxygen atoms in total. The summed E-state index contributed by atoms with van der Waals surface area (Å²) in [7, 11) is 0. The predicted octanol–water partition coefficient (Wildman–Crippen LogP) is 11.3. The monoisotopic (exact) mass is 871 g/mol. The minimum Gasteiger partial charge on any atom is 0 e. The van der Waals surface area contributed by atoms with E-state index in [1.54, 1.807) is 0 Å². The number of nitrogens with zero attached hydrogens (tertiary/aromatic N) is 2. The van der Waals surface area contributed by atoms with Crippen molar-refractivity contribution in [3.63, 3.8) is 0 Å². The van der Waals surface area contributed by atoms with Gasteiger partial charge in [0.25, 0.3) is 0 Å². The Kier molecular flexibility index (Phi) is 10.7. The van der Waals surface area contributed by atoms with Gasteiger partial charge in [0.05, 0.1) is 0 Å². The molecule has 0 spiro atoms. The number of aromatic nitrogens is 2. The molecule has 3 heterocycles. The van der Waals surface area contributed by atoms with Crippen molar-refractivity contribution in [1.29, 1.82) is 0 Å². The Hall–Kier alpha value is -3.41. The number of thiophene rings is 1. The van der Waals surface area contributed by atoms with E-state index < -0.39 is 13.3 Å². The molecule has 4 aromatic carbocycles. The van der Waals surface area contributed by atoms with Crippen molar-refractivity contribution >= 4 is 49.2 Å². The van der Waals surface area contributed by atoms with Gasteiger partial charge in [-0.15, -0.1) is 23.8 Å². The molecule has 1 radical (unpaired) electrons. The summed E-state index contributed by atoms with van der Waals surface area (Å²) in [6, 6.07) is 42.7. The van der Waals surface area contributed by atoms with Gasteiger partial charge in [0.2, 0.25) is 0 Å². The fraction of sp³-hybridized carbons (Fsp3) is 0.190. The predicted molar refractivity (Wildman–Crippen MR) is 202 cm³/mol. The van der Waals surface area contributed by atoms with Gasteiger partial charge in [-0.05, 0) is 44.0 Å². The van der Waals surface area contributed by atoms with Crippen LogP contribution in [0.25, 0.3) is 53.8 Å². The van der Waals surface area contributed by atoms with Gasteiger partial charge in [0.1, 0.15) is 0 Å². The van der Waals surface area contributed by atoms with E-state index in [1.807, 2.05) is 41.8 Å². The maximum atomic E-state index is 4.70. The Balaban J connectivity index is 0.000000207. The van der Waals surface area contributed by atoms with E-state index in [-0.39, 0.29) is 25.5 Å². The molecule has 0 saturated heterocycles. The van der Waals surface area contributed by atoms with E-state index in [0.29, 0.717) is 0 Å². The molecular weight excluding hydrogens is 829 g/mol. The minimum absolute atomic E-state index is 0. The Morgan fingerprint density at radius 3 is 2.13 bits per heavy atom. The molecule has 7 rings (SSSR count). The number of pyridine rings is 2. The Bertz CT molecular complexity index is 2120. The van der Waals surface area contributed by atoms with E-state index in [4.69, 9.17) is 4.98 Å². The fourth-order valence-corrected chi connectivity index (χ4v) is 10.8. The van der Waals surface area contributed by atoms with E-state index in [1.165, 1.54) is 46.8 Å². The van der Waals surface area contributed by atoms with Crippen molar-refractivity contribution in [3.8, 4) is 33.6 Å². The summed E-state index contributed by atoms with van der Waals surface area (Å²) in [4.78, 5) is 9.29. The summed E-state index contributed by atoms with van der Waals surface area (Å²) in [6.45, 7) is 8.91. The molecular formula is C42H40GeIrN2S-2. The molecule has 239 valence electrons. The molecule has 0 atom stereocenters. The summed E-state index contributed by atoms with van der Waals surface area (Å²) in [5, 5.41) is 2.58. The molecule has 0 bridgehead atoms. The van der Waals surface area contributed by atoms with Crippen LogP contribution >= 0.6 is 11.3 Å². The van der Waals surface area contributed by atoms with Gasteiger partial charge in [-0.2, -0.15) is 11.3 Å². The van der Waals surface area contributed by atoms with Gasteiger partial charge in [0, 0.05) is 31.0 Å². The molecule has 0 unspecified atom stereocenters. The average molecular weight is 870 g/mol. The first-order chi connectivity index (χ1) is 22.0. The van der Waals surface area contributed by atoms with E-state index >= 15 is 0 Å². The van der Waals surface area contributed by atoms with Gasteiger partial charge in [0.15, 0.2) is 0 Å². The Morgan fingerprint density at radius 1 is 0.702 bits per heavy atom. The molecule has 0 saturated carbocycles. The normalized spacial score (nSPS) is 11.6. The van der Waals surface area contributed by atoms with Gasteiger partial charge < -0.3 is 4.98 Å². The minimum atomic E-state index is -1.77. The maximum Gasteiger partial charge on any atom is 0 e. The largest absolute Gasteiger partial charge is 0 e. The number of aryl methyl sites for hydroxylation is 1. The third kappa shape index (κ3) is 7.68. The Morgan fingerprint density at radius 2 is 1.45 bits per heavy atom.